The molecule has 0 aromatic heterocycles. The largest absolute Gasteiger partial charge is 0.494 e. The number of rotatable bonds is 32. The van der Waals surface area contributed by atoms with Crippen molar-refractivity contribution in [3.8, 4) is 5.75 Å². The molecule has 53 heavy (non-hydrogen) atoms. The number of carbonyl (C=O) groups is 6. The van der Waals surface area contributed by atoms with Gasteiger partial charge in [-0.15, -0.1) is 0 Å². The van der Waals surface area contributed by atoms with Crippen molar-refractivity contribution in [2.75, 3.05) is 26.2 Å². The Kier molecular flexibility index (Phi) is 25.8. The molecule has 4 amide bonds. The van der Waals surface area contributed by atoms with Gasteiger partial charge in [0.1, 0.15) is 11.8 Å². The fourth-order valence-corrected chi connectivity index (χ4v) is 5.37. The van der Waals surface area contributed by atoms with Crippen molar-refractivity contribution in [3.63, 3.8) is 0 Å². The van der Waals surface area contributed by atoms with E-state index in [4.69, 9.17) is 21.3 Å². The van der Waals surface area contributed by atoms with Gasteiger partial charge in [-0.05, 0) is 88.5 Å². The van der Waals surface area contributed by atoms with Crippen molar-refractivity contribution in [2.24, 2.45) is 11.5 Å². The fraction of sp³-hybridized carbons (Fsp3) is 0.684. The van der Waals surface area contributed by atoms with Gasteiger partial charge < -0.3 is 47.7 Å². The van der Waals surface area contributed by atoms with Crippen LogP contribution < -0.4 is 37.5 Å². The Bertz CT molecular complexity index is 1230. The predicted octanol–water partition coefficient (Wildman–Crippen LogP) is 3.38. The first-order chi connectivity index (χ1) is 25.4. The summed E-state index contributed by atoms with van der Waals surface area (Å²) in [5.74, 6) is -2.58. The van der Waals surface area contributed by atoms with Crippen LogP contribution >= 0.6 is 0 Å². The minimum Gasteiger partial charge on any atom is -0.494 e. The summed E-state index contributed by atoms with van der Waals surface area (Å²) in [6.45, 7) is 4.04. The highest BCUT2D eigenvalue weighted by Gasteiger charge is 2.21. The molecule has 0 saturated carbocycles. The van der Waals surface area contributed by atoms with E-state index in [-0.39, 0.29) is 48.5 Å². The number of hydrogen-bond acceptors (Lipinski definition) is 9. The Morgan fingerprint density at radius 3 is 1.70 bits per heavy atom. The van der Waals surface area contributed by atoms with Gasteiger partial charge in [0.25, 0.3) is 0 Å². The summed E-state index contributed by atoms with van der Waals surface area (Å²) in [7, 11) is 0. The first-order valence-electron chi connectivity index (χ1n) is 19.3. The number of carboxylic acids is 2. The summed E-state index contributed by atoms with van der Waals surface area (Å²) < 4.78 is 5.63. The lowest BCUT2D eigenvalue weighted by Crippen LogP contribution is -2.42. The molecular formula is C38H64N6O9. The van der Waals surface area contributed by atoms with E-state index in [0.717, 1.165) is 51.4 Å². The normalized spacial score (nSPS) is 12.6. The number of hydrogen-bond donors (Lipinski definition) is 8. The molecule has 0 heterocycles. The lowest BCUT2D eigenvalue weighted by molar-refractivity contribution is -0.142. The Morgan fingerprint density at radius 1 is 0.623 bits per heavy atom. The minimum atomic E-state index is -1.19. The maximum atomic E-state index is 12.3. The number of nitrogens with one attached hydrogen (secondary N) is 4. The van der Waals surface area contributed by atoms with Crippen LogP contribution in [0.25, 0.3) is 0 Å². The van der Waals surface area contributed by atoms with E-state index in [1.165, 1.54) is 12.1 Å². The molecule has 0 radical (unpaired) electrons. The number of amides is 4. The van der Waals surface area contributed by atoms with E-state index in [1.54, 1.807) is 12.1 Å². The number of aliphatic carboxylic acids is 1. The van der Waals surface area contributed by atoms with E-state index in [9.17, 15) is 33.9 Å². The van der Waals surface area contributed by atoms with Crippen LogP contribution in [0.5, 0.6) is 5.75 Å². The van der Waals surface area contributed by atoms with Crippen molar-refractivity contribution in [3.05, 3.63) is 29.8 Å². The Balaban J connectivity index is 2.06. The van der Waals surface area contributed by atoms with E-state index in [0.29, 0.717) is 76.9 Å². The molecule has 15 nitrogen and oxygen atoms in total. The van der Waals surface area contributed by atoms with Gasteiger partial charge in [-0.3, -0.25) is 19.2 Å². The number of nitrogens with two attached hydrogens (primary N) is 2. The van der Waals surface area contributed by atoms with Gasteiger partial charge in [0.15, 0.2) is 0 Å². The second-order valence-corrected chi connectivity index (χ2v) is 13.4. The van der Waals surface area contributed by atoms with Gasteiger partial charge >= 0.3 is 11.9 Å². The zero-order valence-corrected chi connectivity index (χ0v) is 31.5. The molecular weight excluding hydrogens is 684 g/mol. The maximum absolute atomic E-state index is 12.3. The monoisotopic (exact) mass is 748 g/mol. The topological polar surface area (TPSA) is 252 Å². The molecule has 0 fully saturated rings. The lowest BCUT2D eigenvalue weighted by Gasteiger charge is -2.15. The highest BCUT2D eigenvalue weighted by Crippen LogP contribution is 2.14. The number of unbranched alkanes of at least 4 members (excludes halogenated alkanes) is 9. The van der Waals surface area contributed by atoms with E-state index >= 15 is 0 Å². The van der Waals surface area contributed by atoms with Crippen molar-refractivity contribution < 1.29 is 43.7 Å². The molecule has 300 valence electrons. The first-order valence-corrected chi connectivity index (χ1v) is 19.3. The summed E-state index contributed by atoms with van der Waals surface area (Å²) in [4.78, 5) is 71.3. The van der Waals surface area contributed by atoms with Gasteiger partial charge in [0.2, 0.25) is 23.6 Å². The molecule has 10 N–H and O–H groups in total. The smallest absolute Gasteiger partial charge is 0.335 e. The molecule has 15 heteroatoms. The fourth-order valence-electron chi connectivity index (χ4n) is 5.37. The zero-order chi connectivity index (χ0) is 39.3. The molecule has 0 saturated heterocycles. The van der Waals surface area contributed by atoms with Crippen LogP contribution in [-0.2, 0) is 24.0 Å². The summed E-state index contributed by atoms with van der Waals surface area (Å²) >= 11 is 0. The first kappa shape index (κ1) is 46.8. The van der Waals surface area contributed by atoms with Crippen LogP contribution in [0.3, 0.4) is 0 Å². The molecule has 0 spiro atoms. The van der Waals surface area contributed by atoms with Crippen LogP contribution in [-0.4, -0.2) is 90.1 Å². The van der Waals surface area contributed by atoms with Crippen molar-refractivity contribution >= 4 is 35.6 Å². The van der Waals surface area contributed by atoms with Crippen molar-refractivity contribution in [1.29, 1.82) is 0 Å². The number of ether oxygens (including phenoxy) is 1. The molecule has 3 unspecified atom stereocenters. The third-order valence-corrected chi connectivity index (χ3v) is 8.72. The quantitative estimate of drug-likeness (QED) is 0.0496. The number of benzene rings is 1. The van der Waals surface area contributed by atoms with Crippen molar-refractivity contribution in [2.45, 2.75) is 141 Å². The average Bonchev–Trinajstić information content (AvgIpc) is 3.13. The van der Waals surface area contributed by atoms with Gasteiger partial charge in [0.05, 0.1) is 24.3 Å². The van der Waals surface area contributed by atoms with E-state index in [1.807, 2.05) is 6.92 Å². The summed E-state index contributed by atoms with van der Waals surface area (Å²) in [5.41, 5.74) is 12.1. The Hall–Kier alpha value is -4.24. The molecule has 0 aliphatic carbocycles. The second kappa shape index (κ2) is 29.2. The molecule has 1 aromatic carbocycles. The van der Waals surface area contributed by atoms with Crippen LogP contribution in [0.4, 0.5) is 0 Å². The highest BCUT2D eigenvalue weighted by atomic mass is 16.5. The van der Waals surface area contributed by atoms with Crippen molar-refractivity contribution in [1.82, 2.24) is 21.3 Å². The molecule has 1 rings (SSSR count). The summed E-state index contributed by atoms with van der Waals surface area (Å²) in [5, 5.41) is 29.3. The van der Waals surface area contributed by atoms with Gasteiger partial charge in [-0.25, -0.2) is 9.59 Å². The standard InChI is InChI=1S/C38H64N6O9/c1-2-3-24-42-35(47)30(39)16-11-13-26-43-36(48)31(40)15-10-12-25-41-33(45)23-22-32(38(51)52)44-34(46)17-9-7-5-4-6-8-14-27-53-29-20-18-28(19-21-29)37(49)50/h18-21,30-32H,2-17,22-27,39-40H2,1H3,(H,41,45)(H,42,47)(H,43,48)(H,44,46)(H,49,50)(H,51,52). The maximum Gasteiger partial charge on any atom is 0.335 e. The molecule has 1 aromatic rings. The second-order valence-electron chi connectivity index (χ2n) is 13.4. The number of aromatic carboxylic acids is 1. The Morgan fingerprint density at radius 2 is 1.15 bits per heavy atom. The van der Waals surface area contributed by atoms with Crippen LogP contribution in [0.1, 0.15) is 133 Å². The number of carboxylic acid groups (broad SMARTS) is 2. The van der Waals surface area contributed by atoms with Crippen LogP contribution in [0.15, 0.2) is 24.3 Å². The summed E-state index contributed by atoms with van der Waals surface area (Å²) in [6, 6.07) is 3.94. The molecule has 3 atom stereocenters. The minimum absolute atomic E-state index is 0.0204. The van der Waals surface area contributed by atoms with E-state index < -0.39 is 30.1 Å². The average molecular weight is 749 g/mol. The Labute approximate surface area is 314 Å². The van der Waals surface area contributed by atoms with Gasteiger partial charge in [-0.2, -0.15) is 0 Å². The highest BCUT2D eigenvalue weighted by molar-refractivity contribution is 5.87. The summed E-state index contributed by atoms with van der Waals surface area (Å²) in [6.07, 6.45) is 12.1. The molecule has 0 aliphatic heterocycles. The van der Waals surface area contributed by atoms with Gasteiger partial charge in [0, 0.05) is 32.5 Å². The van der Waals surface area contributed by atoms with Gasteiger partial charge in [-0.1, -0.05) is 45.4 Å². The van der Waals surface area contributed by atoms with E-state index in [2.05, 4.69) is 21.3 Å². The lowest BCUT2D eigenvalue weighted by atomic mass is 10.1. The SMILES string of the molecule is CCCCNC(=O)C(N)CCCCNC(=O)C(N)CCCCNC(=O)CCC(NC(=O)CCCCCCCCCOc1ccc(C(=O)O)cc1)C(=O)O. The zero-order valence-electron chi connectivity index (χ0n) is 31.5. The van der Waals surface area contributed by atoms with Crippen LogP contribution in [0, 0.1) is 0 Å². The molecule has 0 aliphatic rings. The third-order valence-electron chi connectivity index (χ3n) is 8.72. The van der Waals surface area contributed by atoms with Crippen LogP contribution in [0.2, 0.25) is 0 Å². The predicted molar refractivity (Wildman–Crippen MR) is 202 cm³/mol. The molecule has 0 bridgehead atoms. The third kappa shape index (κ3) is 23.8. The number of carbonyl (C=O) groups excluding carboxylic acids is 4.